The predicted molar refractivity (Wildman–Crippen MR) is 97.2 cm³/mol. The van der Waals surface area contributed by atoms with Gasteiger partial charge in [-0.05, 0) is 44.0 Å². The molecule has 0 radical (unpaired) electrons. The van der Waals surface area contributed by atoms with Gasteiger partial charge >= 0.3 is 29.6 Å². The van der Waals surface area contributed by atoms with Gasteiger partial charge in [0.25, 0.3) is 5.69 Å². The van der Waals surface area contributed by atoms with Crippen molar-refractivity contribution < 1.29 is 56.9 Å². The summed E-state index contributed by atoms with van der Waals surface area (Å²) in [5.74, 6) is -0.152. The number of non-ortho nitro benzene ring substituents is 1. The van der Waals surface area contributed by atoms with Gasteiger partial charge in [-0.1, -0.05) is 17.7 Å². The van der Waals surface area contributed by atoms with Crippen molar-refractivity contribution in [2.75, 3.05) is 6.29 Å². The number of hydrogen-bond acceptors (Lipinski definition) is 7. The quantitative estimate of drug-likeness (QED) is 0.264. The number of nitrogens with zero attached hydrogens (tertiary/aromatic N) is 1. The van der Waals surface area contributed by atoms with Gasteiger partial charge in [-0.15, -0.1) is 0 Å². The van der Waals surface area contributed by atoms with Crippen LogP contribution in [0.5, 0.6) is 5.75 Å². The van der Waals surface area contributed by atoms with Crippen LogP contribution in [0.15, 0.2) is 41.3 Å². The second-order valence-electron chi connectivity index (χ2n) is 5.99. The number of hydrogen-bond donors (Lipinski definition) is 1. The minimum Gasteiger partial charge on any atom is -0.768 e. The Bertz CT molecular complexity index is 1000. The second-order valence-corrected chi connectivity index (χ2v) is 9.41. The van der Waals surface area contributed by atoms with Crippen LogP contribution in [-0.2, 0) is 14.6 Å². The predicted octanol–water partition coefficient (Wildman–Crippen LogP) is -0.608. The molecule has 0 aliphatic carbocycles. The Kier molecular flexibility index (Phi) is 8.40. The van der Waals surface area contributed by atoms with E-state index in [0.717, 1.165) is 29.8 Å². The maximum atomic E-state index is 12.5. The first-order valence-electron chi connectivity index (χ1n) is 7.73. The van der Waals surface area contributed by atoms with Crippen molar-refractivity contribution >= 4 is 23.3 Å². The van der Waals surface area contributed by atoms with Gasteiger partial charge in [0.15, 0.2) is 7.60 Å². The van der Waals surface area contributed by atoms with Gasteiger partial charge in [-0.25, -0.2) is 13.1 Å². The van der Waals surface area contributed by atoms with Gasteiger partial charge in [0.1, 0.15) is 5.75 Å². The monoisotopic (exact) mass is 436 g/mol. The molecule has 2 aromatic rings. The van der Waals surface area contributed by atoms with Crippen molar-refractivity contribution in [3.05, 3.63) is 63.2 Å². The molecule has 12 heteroatoms. The van der Waals surface area contributed by atoms with E-state index in [1.807, 2.05) is 11.6 Å². The summed E-state index contributed by atoms with van der Waals surface area (Å²) >= 11 is 0. The molecule has 0 bridgehead atoms. The Morgan fingerprint density at radius 1 is 1.11 bits per heavy atom. The first-order chi connectivity index (χ1) is 12.4. The van der Waals surface area contributed by atoms with E-state index in [1.165, 1.54) is 0 Å². The smallest absolute Gasteiger partial charge is 0.768 e. The van der Waals surface area contributed by atoms with E-state index in [4.69, 9.17) is 4.52 Å². The first-order valence-corrected chi connectivity index (χ1v) is 10.9. The molecule has 0 aliphatic heterocycles. The van der Waals surface area contributed by atoms with E-state index in [9.17, 15) is 28.0 Å². The van der Waals surface area contributed by atoms with E-state index >= 15 is 0 Å². The normalized spacial score (nSPS) is 13.3. The minimum absolute atomic E-state index is 0. The van der Waals surface area contributed by atoms with Gasteiger partial charge < -0.3 is 9.42 Å². The van der Waals surface area contributed by atoms with Crippen molar-refractivity contribution in [2.24, 2.45) is 0 Å². The molecule has 0 saturated carbocycles. The molecule has 1 unspecified atom stereocenters. The third-order valence-corrected chi connectivity index (χ3v) is 6.57. The SMILES string of the molecule is Cc1cc(C)c(S(=O)(=O)NCP(=O)([O-])Oc2ccc([N+](=O)[O-])cc2)c(C)c1.[Na+]. The molecule has 9 nitrogen and oxygen atoms in total. The van der Waals surface area contributed by atoms with Crippen molar-refractivity contribution in [2.45, 2.75) is 25.7 Å². The zero-order valence-corrected chi connectivity index (χ0v) is 19.5. The van der Waals surface area contributed by atoms with Crippen LogP contribution in [0.2, 0.25) is 0 Å². The fraction of sp³-hybridized carbons (Fsp3) is 0.250. The summed E-state index contributed by atoms with van der Waals surface area (Å²) < 4.78 is 43.9. The minimum atomic E-state index is -4.62. The van der Waals surface area contributed by atoms with Crippen molar-refractivity contribution in [3.8, 4) is 5.75 Å². The van der Waals surface area contributed by atoms with Gasteiger partial charge in [-0.2, -0.15) is 0 Å². The fourth-order valence-corrected chi connectivity index (χ4v) is 5.58. The molecule has 0 aliphatic rings. The standard InChI is InChI=1S/C16H19N2O7PS.Na/c1-11-8-12(2)16(13(3)9-11)27(23,24)17-10-26(21,22)25-15-6-4-14(5-7-15)18(19)20;/h4-9,17H,10H2,1-3H3,(H,21,22);/q;+1/p-1. The zero-order valence-electron chi connectivity index (χ0n) is 15.8. The molecule has 146 valence electrons. The van der Waals surface area contributed by atoms with E-state index in [-0.39, 0.29) is 45.9 Å². The van der Waals surface area contributed by atoms with Crippen LogP contribution in [0.25, 0.3) is 0 Å². The molecule has 0 heterocycles. The molecule has 1 N–H and O–H groups in total. The second kappa shape index (κ2) is 9.49. The molecule has 2 aromatic carbocycles. The number of sulfonamides is 1. The Morgan fingerprint density at radius 2 is 1.61 bits per heavy atom. The van der Waals surface area contributed by atoms with Crippen LogP contribution < -0.4 is 43.7 Å². The summed E-state index contributed by atoms with van der Waals surface area (Å²) in [4.78, 5) is 22.0. The van der Waals surface area contributed by atoms with Crippen LogP contribution >= 0.6 is 7.60 Å². The molecule has 0 aromatic heterocycles. The van der Waals surface area contributed by atoms with Crippen molar-refractivity contribution in [3.63, 3.8) is 0 Å². The van der Waals surface area contributed by atoms with Crippen molar-refractivity contribution in [1.29, 1.82) is 0 Å². The molecule has 2 rings (SSSR count). The maximum absolute atomic E-state index is 12.5. The number of rotatable bonds is 7. The van der Waals surface area contributed by atoms with E-state index < -0.39 is 28.8 Å². The van der Waals surface area contributed by atoms with Gasteiger partial charge in [-0.3, -0.25) is 14.7 Å². The molecular formula is C16H18N2NaO7PS. The van der Waals surface area contributed by atoms with Crippen LogP contribution in [-0.4, -0.2) is 19.6 Å². The van der Waals surface area contributed by atoms with Crippen molar-refractivity contribution in [1.82, 2.24) is 4.72 Å². The van der Waals surface area contributed by atoms with Crippen LogP contribution in [0.4, 0.5) is 5.69 Å². The molecule has 0 fully saturated rings. The third-order valence-electron chi connectivity index (χ3n) is 3.61. The molecule has 0 amide bonds. The average molecular weight is 436 g/mol. The summed E-state index contributed by atoms with van der Waals surface area (Å²) in [6.45, 7) is 5.07. The Labute approximate surface area is 185 Å². The fourth-order valence-electron chi connectivity index (χ4n) is 2.65. The average Bonchev–Trinajstić information content (AvgIpc) is 2.52. The summed E-state index contributed by atoms with van der Waals surface area (Å²) in [6, 6.07) is 7.77. The number of nitro groups is 1. The topological polar surface area (TPSA) is 139 Å². The number of nitrogens with one attached hydrogen (secondary N) is 1. The number of nitro benzene ring substituents is 1. The third kappa shape index (κ3) is 6.38. The molecule has 28 heavy (non-hydrogen) atoms. The molecule has 1 atom stereocenters. The summed E-state index contributed by atoms with van der Waals surface area (Å²) in [5.41, 5.74) is 1.66. The Hall–Kier alpha value is -1.26. The van der Waals surface area contributed by atoms with Gasteiger partial charge in [0.05, 0.1) is 16.1 Å². The van der Waals surface area contributed by atoms with Gasteiger partial charge in [0.2, 0.25) is 10.0 Å². The number of aryl methyl sites for hydroxylation is 3. The Morgan fingerprint density at radius 3 is 2.07 bits per heavy atom. The molecule has 0 spiro atoms. The van der Waals surface area contributed by atoms with E-state index in [1.54, 1.807) is 26.0 Å². The Balaban J connectivity index is 0.00000392. The van der Waals surface area contributed by atoms with E-state index in [2.05, 4.69) is 0 Å². The maximum Gasteiger partial charge on any atom is 1.00 e. The number of benzene rings is 2. The van der Waals surface area contributed by atoms with E-state index in [0.29, 0.717) is 11.1 Å². The molecule has 0 saturated heterocycles. The van der Waals surface area contributed by atoms with Crippen LogP contribution in [0.1, 0.15) is 16.7 Å². The molecular weight excluding hydrogens is 418 g/mol. The summed E-state index contributed by atoms with van der Waals surface area (Å²) in [7, 11) is -8.69. The van der Waals surface area contributed by atoms with Crippen LogP contribution in [0, 0.1) is 30.9 Å². The first kappa shape index (κ1) is 24.8. The van der Waals surface area contributed by atoms with Crippen LogP contribution in [0.3, 0.4) is 0 Å². The van der Waals surface area contributed by atoms with Gasteiger partial charge in [0, 0.05) is 12.1 Å². The summed E-state index contributed by atoms with van der Waals surface area (Å²) in [5, 5.41) is 10.6. The summed E-state index contributed by atoms with van der Waals surface area (Å²) in [6.07, 6.45) is -0.959. The zero-order chi connectivity index (χ0) is 20.4. The largest absolute Gasteiger partial charge is 1.00 e.